The lowest BCUT2D eigenvalue weighted by Gasteiger charge is -2.36. The minimum absolute atomic E-state index is 0.00338. The number of hydrogen-bond donors (Lipinski definition) is 0. The summed E-state index contributed by atoms with van der Waals surface area (Å²) >= 11 is 0. The summed E-state index contributed by atoms with van der Waals surface area (Å²) in [7, 11) is -3.48. The van der Waals surface area contributed by atoms with Gasteiger partial charge < -0.3 is 9.80 Å². The maximum Gasteiger partial charge on any atom is 0.219 e. The molecule has 1 amide bonds. The van der Waals surface area contributed by atoms with Gasteiger partial charge in [0.1, 0.15) is 0 Å². The number of carbonyl (C=O) groups is 1. The first kappa shape index (κ1) is 24.3. The van der Waals surface area contributed by atoms with Crippen LogP contribution in [0, 0.1) is 5.92 Å². The Kier molecular flexibility index (Phi) is 7.96. The molecule has 2 aromatic carbocycles. The number of amides is 1. The van der Waals surface area contributed by atoms with Crippen LogP contribution in [0.3, 0.4) is 0 Å². The molecule has 174 valence electrons. The van der Waals surface area contributed by atoms with Crippen LogP contribution < -0.4 is 4.90 Å². The SMILES string of the molecule is CC(=O)N1CCN(c2ccc([C@H](C)N(CC(C)C)S(=O)(=O)Cc3ccccc3)cc2)CC1. The Morgan fingerprint density at radius 2 is 1.53 bits per heavy atom. The van der Waals surface area contributed by atoms with E-state index in [1.165, 1.54) is 0 Å². The lowest BCUT2D eigenvalue weighted by molar-refractivity contribution is -0.129. The summed E-state index contributed by atoms with van der Waals surface area (Å²) in [6.07, 6.45) is 0. The number of anilines is 1. The molecule has 1 saturated heterocycles. The van der Waals surface area contributed by atoms with E-state index in [1.54, 1.807) is 11.2 Å². The summed E-state index contributed by atoms with van der Waals surface area (Å²) in [6, 6.07) is 17.3. The first-order valence-electron chi connectivity index (χ1n) is 11.3. The highest BCUT2D eigenvalue weighted by molar-refractivity contribution is 7.88. The third-order valence-corrected chi connectivity index (χ3v) is 7.87. The van der Waals surface area contributed by atoms with Gasteiger partial charge in [-0.25, -0.2) is 8.42 Å². The second-order valence-corrected chi connectivity index (χ2v) is 10.9. The zero-order chi connectivity index (χ0) is 23.3. The van der Waals surface area contributed by atoms with Crippen molar-refractivity contribution in [3.05, 3.63) is 65.7 Å². The van der Waals surface area contributed by atoms with Crippen LogP contribution in [0.1, 0.15) is 44.9 Å². The minimum Gasteiger partial charge on any atom is -0.368 e. The second-order valence-electron chi connectivity index (χ2n) is 8.97. The number of piperazine rings is 1. The van der Waals surface area contributed by atoms with E-state index < -0.39 is 10.0 Å². The molecule has 0 bridgehead atoms. The van der Waals surface area contributed by atoms with Crippen molar-refractivity contribution in [2.24, 2.45) is 5.92 Å². The van der Waals surface area contributed by atoms with Gasteiger partial charge in [0, 0.05) is 51.4 Å². The predicted molar refractivity (Wildman–Crippen MR) is 130 cm³/mol. The molecule has 0 unspecified atom stereocenters. The van der Waals surface area contributed by atoms with Crippen molar-refractivity contribution in [2.45, 2.75) is 39.5 Å². The molecule has 0 saturated carbocycles. The van der Waals surface area contributed by atoms with Gasteiger partial charge in [0.2, 0.25) is 15.9 Å². The Morgan fingerprint density at radius 3 is 2.06 bits per heavy atom. The number of nitrogens with zero attached hydrogens (tertiary/aromatic N) is 3. The van der Waals surface area contributed by atoms with Crippen LogP contribution in [0.25, 0.3) is 0 Å². The summed E-state index contributed by atoms with van der Waals surface area (Å²) in [6.45, 7) is 11.2. The van der Waals surface area contributed by atoms with Crippen molar-refractivity contribution < 1.29 is 13.2 Å². The van der Waals surface area contributed by atoms with Gasteiger partial charge in [0.15, 0.2) is 0 Å². The first-order valence-corrected chi connectivity index (χ1v) is 12.9. The van der Waals surface area contributed by atoms with Gasteiger partial charge in [-0.05, 0) is 36.1 Å². The minimum atomic E-state index is -3.48. The Bertz CT molecular complexity index is 983. The van der Waals surface area contributed by atoms with Gasteiger partial charge in [0.25, 0.3) is 0 Å². The Hall–Kier alpha value is -2.38. The molecule has 0 aliphatic carbocycles. The maximum absolute atomic E-state index is 13.3. The van der Waals surface area contributed by atoms with Crippen molar-refractivity contribution in [1.29, 1.82) is 0 Å². The van der Waals surface area contributed by atoms with Crippen molar-refractivity contribution >= 4 is 21.6 Å². The van der Waals surface area contributed by atoms with E-state index in [0.717, 1.165) is 43.0 Å². The standard InChI is InChI=1S/C25H35N3O3S/c1-20(2)18-28(32(30,31)19-23-8-6-5-7-9-23)21(3)24-10-12-25(13-11-24)27-16-14-26(15-17-27)22(4)29/h5-13,20-21H,14-19H2,1-4H3/t21-/m0/s1. The molecular formula is C25H35N3O3S. The fourth-order valence-corrected chi connectivity index (χ4v) is 6.06. The third kappa shape index (κ3) is 6.11. The van der Waals surface area contributed by atoms with E-state index >= 15 is 0 Å². The molecule has 1 fully saturated rings. The summed E-state index contributed by atoms with van der Waals surface area (Å²) < 4.78 is 28.3. The first-order chi connectivity index (χ1) is 15.2. The van der Waals surface area contributed by atoms with Gasteiger partial charge in [0.05, 0.1) is 5.75 Å². The Balaban J connectivity index is 1.75. The van der Waals surface area contributed by atoms with E-state index in [9.17, 15) is 13.2 Å². The normalized spacial score (nSPS) is 15.9. The molecule has 32 heavy (non-hydrogen) atoms. The van der Waals surface area contributed by atoms with E-state index in [2.05, 4.69) is 17.0 Å². The Labute approximate surface area is 192 Å². The molecular weight excluding hydrogens is 422 g/mol. The van der Waals surface area contributed by atoms with Crippen LogP contribution in [0.4, 0.5) is 5.69 Å². The summed E-state index contributed by atoms with van der Waals surface area (Å²) in [5, 5.41) is 0. The molecule has 0 aromatic heterocycles. The van der Waals surface area contributed by atoms with Crippen molar-refractivity contribution in [3.63, 3.8) is 0 Å². The molecule has 6 nitrogen and oxygen atoms in total. The van der Waals surface area contributed by atoms with Gasteiger partial charge in [-0.2, -0.15) is 4.31 Å². The number of benzene rings is 2. The molecule has 7 heteroatoms. The van der Waals surface area contributed by atoms with Crippen molar-refractivity contribution in [2.75, 3.05) is 37.6 Å². The molecule has 1 heterocycles. The molecule has 0 N–H and O–H groups in total. The average Bonchev–Trinajstić information content (AvgIpc) is 2.77. The van der Waals surface area contributed by atoms with E-state index in [1.807, 2.05) is 68.1 Å². The predicted octanol–water partition coefficient (Wildman–Crippen LogP) is 3.90. The van der Waals surface area contributed by atoms with Crippen molar-refractivity contribution in [3.8, 4) is 0 Å². The number of sulfonamides is 1. The van der Waals surface area contributed by atoms with Crippen LogP contribution in [0.2, 0.25) is 0 Å². The monoisotopic (exact) mass is 457 g/mol. The lowest BCUT2D eigenvalue weighted by atomic mass is 10.1. The molecule has 3 rings (SSSR count). The topological polar surface area (TPSA) is 60.9 Å². The lowest BCUT2D eigenvalue weighted by Crippen LogP contribution is -2.48. The number of carbonyl (C=O) groups excluding carboxylic acids is 1. The van der Waals surface area contributed by atoms with Crippen LogP contribution in [0.5, 0.6) is 0 Å². The molecule has 0 radical (unpaired) electrons. The zero-order valence-corrected chi connectivity index (χ0v) is 20.4. The van der Waals surface area contributed by atoms with E-state index in [0.29, 0.717) is 6.54 Å². The largest absolute Gasteiger partial charge is 0.368 e. The second kappa shape index (κ2) is 10.5. The highest BCUT2D eigenvalue weighted by Crippen LogP contribution is 2.28. The average molecular weight is 458 g/mol. The zero-order valence-electron chi connectivity index (χ0n) is 19.6. The number of hydrogen-bond acceptors (Lipinski definition) is 4. The summed E-state index contributed by atoms with van der Waals surface area (Å²) in [4.78, 5) is 15.7. The van der Waals surface area contributed by atoms with Gasteiger partial charge in [-0.15, -0.1) is 0 Å². The van der Waals surface area contributed by atoms with Gasteiger partial charge in [-0.1, -0.05) is 56.3 Å². The van der Waals surface area contributed by atoms with Gasteiger partial charge in [-0.3, -0.25) is 4.79 Å². The highest BCUT2D eigenvalue weighted by atomic mass is 32.2. The fraction of sp³-hybridized carbons (Fsp3) is 0.480. The molecule has 1 aliphatic rings. The quantitative estimate of drug-likeness (QED) is 0.603. The van der Waals surface area contributed by atoms with Crippen LogP contribution in [-0.4, -0.2) is 56.3 Å². The Morgan fingerprint density at radius 1 is 0.938 bits per heavy atom. The maximum atomic E-state index is 13.3. The smallest absolute Gasteiger partial charge is 0.219 e. The summed E-state index contributed by atoms with van der Waals surface area (Å²) in [5.41, 5.74) is 2.88. The van der Waals surface area contributed by atoms with Crippen molar-refractivity contribution in [1.82, 2.24) is 9.21 Å². The van der Waals surface area contributed by atoms with E-state index in [4.69, 9.17) is 0 Å². The third-order valence-electron chi connectivity index (χ3n) is 5.99. The van der Waals surface area contributed by atoms with Crippen LogP contribution in [-0.2, 0) is 20.6 Å². The highest BCUT2D eigenvalue weighted by Gasteiger charge is 2.29. The molecule has 1 aliphatic heterocycles. The number of rotatable bonds is 8. The van der Waals surface area contributed by atoms with Gasteiger partial charge >= 0.3 is 0 Å². The molecule has 2 aromatic rings. The summed E-state index contributed by atoms with van der Waals surface area (Å²) in [5.74, 6) is 0.347. The van der Waals surface area contributed by atoms with Crippen LogP contribution >= 0.6 is 0 Å². The van der Waals surface area contributed by atoms with E-state index in [-0.39, 0.29) is 23.6 Å². The van der Waals surface area contributed by atoms with Crippen LogP contribution in [0.15, 0.2) is 54.6 Å². The fourth-order valence-electron chi connectivity index (χ4n) is 4.15. The molecule has 1 atom stereocenters. The molecule has 0 spiro atoms.